The van der Waals surface area contributed by atoms with E-state index < -0.39 is 5.54 Å². The molecule has 8 heteroatoms. The van der Waals surface area contributed by atoms with Gasteiger partial charge in [-0.1, -0.05) is 12.8 Å². The monoisotopic (exact) mass is 467 g/mol. The molecular weight excluding hydrogens is 438 g/mol. The topological polar surface area (TPSA) is 72.8 Å². The number of ether oxygens (including phenoxy) is 2. The summed E-state index contributed by atoms with van der Waals surface area (Å²) in [5.74, 6) is 1.06. The number of methoxy groups -OCH3 is 2. The molecule has 1 aromatic carbocycles. The van der Waals surface area contributed by atoms with Crippen LogP contribution in [0.15, 0.2) is 35.7 Å². The van der Waals surface area contributed by atoms with Crippen LogP contribution in [0.2, 0.25) is 0 Å². The Hall–Kier alpha value is -3.00. The Morgan fingerprint density at radius 2 is 1.97 bits per heavy atom. The maximum atomic E-state index is 13.8. The van der Waals surface area contributed by atoms with Crippen LogP contribution in [0, 0.1) is 0 Å². The van der Waals surface area contributed by atoms with Crippen molar-refractivity contribution < 1.29 is 19.1 Å². The molecule has 0 unspecified atom stereocenters. The summed E-state index contributed by atoms with van der Waals surface area (Å²) >= 11 is 1.60. The van der Waals surface area contributed by atoms with E-state index >= 15 is 0 Å². The zero-order valence-electron chi connectivity index (χ0n) is 19.2. The molecule has 7 nitrogen and oxygen atoms in total. The van der Waals surface area contributed by atoms with E-state index in [1.807, 2.05) is 41.1 Å². The molecule has 0 saturated heterocycles. The molecule has 0 bridgehead atoms. The number of hydrogen-bond acceptors (Lipinski definition) is 5. The van der Waals surface area contributed by atoms with Gasteiger partial charge in [0.05, 0.1) is 27.3 Å². The highest BCUT2D eigenvalue weighted by atomic mass is 32.1. The van der Waals surface area contributed by atoms with E-state index in [2.05, 4.69) is 5.32 Å². The zero-order chi connectivity index (χ0) is 23.2. The summed E-state index contributed by atoms with van der Waals surface area (Å²) in [5.41, 5.74) is 0.414. The van der Waals surface area contributed by atoms with Crippen molar-refractivity contribution in [1.29, 1.82) is 0 Å². The van der Waals surface area contributed by atoms with Gasteiger partial charge in [0.25, 0.3) is 5.91 Å². The maximum absolute atomic E-state index is 13.8. The van der Waals surface area contributed by atoms with Crippen LogP contribution in [-0.2, 0) is 17.9 Å². The molecule has 1 atom stereocenters. The number of thiophene rings is 1. The Kier molecular flexibility index (Phi) is 5.56. The Balaban J connectivity index is 1.56. The number of fused-ring (bicyclic) bond motifs is 3. The van der Waals surface area contributed by atoms with E-state index in [4.69, 9.17) is 9.47 Å². The number of nitrogens with zero attached hydrogens (tertiary/aromatic N) is 2. The lowest BCUT2D eigenvalue weighted by molar-refractivity contribution is -0.133. The van der Waals surface area contributed by atoms with Crippen LogP contribution in [0.3, 0.4) is 0 Å². The van der Waals surface area contributed by atoms with Gasteiger partial charge in [-0.05, 0) is 49.4 Å². The molecule has 3 aromatic rings. The van der Waals surface area contributed by atoms with Gasteiger partial charge in [-0.3, -0.25) is 9.59 Å². The van der Waals surface area contributed by atoms with Gasteiger partial charge in [0.15, 0.2) is 0 Å². The van der Waals surface area contributed by atoms with Gasteiger partial charge in [-0.2, -0.15) is 0 Å². The highest BCUT2D eigenvalue weighted by Crippen LogP contribution is 2.37. The van der Waals surface area contributed by atoms with Gasteiger partial charge >= 0.3 is 0 Å². The quantitative estimate of drug-likeness (QED) is 0.590. The molecule has 1 aliphatic carbocycles. The summed E-state index contributed by atoms with van der Waals surface area (Å²) < 4.78 is 12.9. The summed E-state index contributed by atoms with van der Waals surface area (Å²) in [6.07, 6.45) is 4.24. The zero-order valence-corrected chi connectivity index (χ0v) is 20.0. The smallest absolute Gasteiger partial charge is 0.271 e. The number of aromatic nitrogens is 1. The van der Waals surface area contributed by atoms with Crippen molar-refractivity contribution in [2.24, 2.45) is 0 Å². The molecule has 0 spiro atoms. The lowest BCUT2D eigenvalue weighted by Gasteiger charge is -2.44. The molecule has 2 aromatic heterocycles. The second-order valence-corrected chi connectivity index (χ2v) is 9.99. The van der Waals surface area contributed by atoms with Crippen molar-refractivity contribution in [1.82, 2.24) is 14.8 Å². The van der Waals surface area contributed by atoms with Crippen LogP contribution in [-0.4, -0.2) is 47.1 Å². The first-order chi connectivity index (χ1) is 15.9. The first-order valence-corrected chi connectivity index (χ1v) is 12.2. The maximum Gasteiger partial charge on any atom is 0.271 e. The van der Waals surface area contributed by atoms with Crippen molar-refractivity contribution in [3.05, 3.63) is 47.0 Å². The average molecular weight is 468 g/mol. The third-order valence-corrected chi connectivity index (χ3v) is 7.98. The Bertz CT molecular complexity index is 1210. The normalized spacial score (nSPS) is 20.8. The van der Waals surface area contributed by atoms with Gasteiger partial charge in [0.2, 0.25) is 5.91 Å². The number of carbonyl (C=O) groups is 2. The summed E-state index contributed by atoms with van der Waals surface area (Å²) in [4.78, 5) is 30.3. The number of nitrogens with one attached hydrogen (secondary N) is 1. The summed E-state index contributed by atoms with van der Waals surface area (Å²) in [6.45, 7) is 2.56. The third-order valence-electron chi connectivity index (χ3n) is 7.03. The van der Waals surface area contributed by atoms with Crippen LogP contribution in [0.25, 0.3) is 10.2 Å². The fourth-order valence-electron chi connectivity index (χ4n) is 5.07. The molecule has 1 aliphatic heterocycles. The SMILES string of the molecule is COc1ccc(CN2C(=O)c3cc4ccsc4n3C[C@@]2(C)C(=O)NC2CCCC2)c(OC)c1. The van der Waals surface area contributed by atoms with Crippen molar-refractivity contribution in [2.45, 2.75) is 57.3 Å². The third kappa shape index (κ3) is 3.66. The van der Waals surface area contributed by atoms with E-state index in [0.29, 0.717) is 23.7 Å². The minimum absolute atomic E-state index is 0.0979. The van der Waals surface area contributed by atoms with Gasteiger partial charge in [-0.25, -0.2) is 0 Å². The second kappa shape index (κ2) is 8.41. The summed E-state index contributed by atoms with van der Waals surface area (Å²) in [5, 5.41) is 6.30. The molecule has 1 fully saturated rings. The molecule has 5 rings (SSSR count). The fraction of sp³-hybridized carbons (Fsp3) is 0.440. The number of rotatable bonds is 6. The van der Waals surface area contributed by atoms with Gasteiger partial charge < -0.3 is 24.3 Å². The van der Waals surface area contributed by atoms with Crippen LogP contribution >= 0.6 is 11.3 Å². The molecule has 2 aliphatic rings. The van der Waals surface area contributed by atoms with Crippen LogP contribution in [0.1, 0.15) is 48.7 Å². The van der Waals surface area contributed by atoms with Crippen molar-refractivity contribution in [3.8, 4) is 11.5 Å². The first kappa shape index (κ1) is 21.8. The van der Waals surface area contributed by atoms with Crippen LogP contribution in [0.5, 0.6) is 11.5 Å². The fourth-order valence-corrected chi connectivity index (χ4v) is 5.97. The van der Waals surface area contributed by atoms with E-state index in [0.717, 1.165) is 41.5 Å². The minimum Gasteiger partial charge on any atom is -0.497 e. The molecule has 3 heterocycles. The lowest BCUT2D eigenvalue weighted by atomic mass is 9.93. The largest absolute Gasteiger partial charge is 0.497 e. The number of amides is 2. The Morgan fingerprint density at radius 3 is 2.70 bits per heavy atom. The number of hydrogen-bond donors (Lipinski definition) is 1. The van der Waals surface area contributed by atoms with Gasteiger partial charge in [0, 0.05) is 23.1 Å². The van der Waals surface area contributed by atoms with E-state index in [9.17, 15) is 9.59 Å². The van der Waals surface area contributed by atoms with E-state index in [1.165, 1.54) is 0 Å². The molecule has 0 radical (unpaired) electrons. The predicted octanol–water partition coefficient (Wildman–Crippen LogP) is 4.19. The highest BCUT2D eigenvalue weighted by Gasteiger charge is 2.48. The van der Waals surface area contributed by atoms with Gasteiger partial charge in [-0.15, -0.1) is 11.3 Å². The highest BCUT2D eigenvalue weighted by molar-refractivity contribution is 7.16. The number of benzene rings is 1. The van der Waals surface area contributed by atoms with E-state index in [1.54, 1.807) is 36.5 Å². The van der Waals surface area contributed by atoms with E-state index in [-0.39, 0.29) is 24.4 Å². The average Bonchev–Trinajstić information content (AvgIpc) is 3.55. The molecule has 33 heavy (non-hydrogen) atoms. The van der Waals surface area contributed by atoms with Crippen molar-refractivity contribution in [3.63, 3.8) is 0 Å². The Morgan fingerprint density at radius 1 is 1.18 bits per heavy atom. The molecule has 1 saturated carbocycles. The van der Waals surface area contributed by atoms with Crippen molar-refractivity contribution in [2.75, 3.05) is 14.2 Å². The molecule has 1 N–H and O–H groups in total. The molecule has 174 valence electrons. The first-order valence-electron chi connectivity index (χ1n) is 11.3. The predicted molar refractivity (Wildman–Crippen MR) is 128 cm³/mol. The van der Waals surface area contributed by atoms with Crippen LogP contribution < -0.4 is 14.8 Å². The number of carbonyl (C=O) groups excluding carboxylic acids is 2. The second-order valence-electron chi connectivity index (χ2n) is 9.09. The summed E-state index contributed by atoms with van der Waals surface area (Å²) in [6, 6.07) is 9.67. The summed E-state index contributed by atoms with van der Waals surface area (Å²) in [7, 11) is 3.20. The lowest BCUT2D eigenvalue weighted by Crippen LogP contribution is -2.64. The Labute approximate surface area is 197 Å². The minimum atomic E-state index is -1.03. The molecule has 2 amide bonds. The van der Waals surface area contributed by atoms with Crippen LogP contribution in [0.4, 0.5) is 0 Å². The molecular formula is C25H29N3O4S. The standard InChI is InChI=1S/C25H29N3O4S/c1-25(24(30)26-18-6-4-5-7-18)15-27-20(12-16-10-11-33-23(16)27)22(29)28(25)14-17-8-9-19(31-2)13-21(17)32-3/h8-13,18H,4-7,14-15H2,1-3H3,(H,26,30)/t25-/m0/s1. The van der Waals surface area contributed by atoms with Crippen molar-refractivity contribution >= 4 is 33.4 Å². The van der Waals surface area contributed by atoms with Gasteiger partial charge in [0.1, 0.15) is 27.6 Å².